The molecular formula is C54H42P4. The van der Waals surface area contributed by atoms with Crippen molar-refractivity contribution >= 4 is 95.3 Å². The standard InChI is InChI=1S/C54H42P4/c1-9-25-43(26-10-1)55(44-27-11-2-12-28-44)51-41-53(57(47-33-17-5-18-34-47)48-35-19-6-20-36-48)54(58(49-37-21-7-22-38-49)50-39-23-8-24-40-50)42-52(51)56(45-29-13-3-14-30-45)46-31-15-4-16-32-46/h1-42H. The van der Waals surface area contributed by atoms with Crippen molar-refractivity contribution in [2.24, 2.45) is 0 Å². The lowest BCUT2D eigenvalue weighted by Gasteiger charge is -2.33. The van der Waals surface area contributed by atoms with E-state index in [9.17, 15) is 0 Å². The third-order valence-electron chi connectivity index (χ3n) is 10.2. The van der Waals surface area contributed by atoms with E-state index in [2.05, 4.69) is 255 Å². The van der Waals surface area contributed by atoms with Crippen LogP contribution in [0.4, 0.5) is 0 Å². The van der Waals surface area contributed by atoms with Gasteiger partial charge in [0, 0.05) is 0 Å². The molecule has 0 saturated carbocycles. The van der Waals surface area contributed by atoms with Crippen LogP contribution in [0.1, 0.15) is 0 Å². The average molecular weight is 815 g/mol. The average Bonchev–Trinajstić information content (AvgIpc) is 3.31. The van der Waals surface area contributed by atoms with Gasteiger partial charge >= 0.3 is 0 Å². The molecule has 0 heterocycles. The van der Waals surface area contributed by atoms with Crippen LogP contribution >= 0.6 is 31.7 Å². The van der Waals surface area contributed by atoms with Gasteiger partial charge in [0.25, 0.3) is 0 Å². The molecule has 0 spiro atoms. The minimum absolute atomic E-state index is 0.965. The lowest BCUT2D eigenvalue weighted by atomic mass is 10.3. The van der Waals surface area contributed by atoms with Gasteiger partial charge in [-0.05, 0) is 107 Å². The molecule has 0 amide bonds. The second-order valence-corrected chi connectivity index (χ2v) is 22.6. The van der Waals surface area contributed by atoms with Gasteiger partial charge in [0.15, 0.2) is 0 Å². The zero-order valence-electron chi connectivity index (χ0n) is 32.0. The van der Waals surface area contributed by atoms with Crippen LogP contribution in [0.5, 0.6) is 0 Å². The molecule has 0 aliphatic carbocycles. The molecule has 0 radical (unpaired) electrons. The van der Waals surface area contributed by atoms with Gasteiger partial charge < -0.3 is 0 Å². The minimum Gasteiger partial charge on any atom is -0.0622 e. The van der Waals surface area contributed by atoms with Crippen molar-refractivity contribution in [1.82, 2.24) is 0 Å². The summed E-state index contributed by atoms with van der Waals surface area (Å²) in [5, 5.41) is 16.6. The predicted octanol–water partition coefficient (Wildman–Crippen LogP) is 8.72. The monoisotopic (exact) mass is 814 g/mol. The van der Waals surface area contributed by atoms with Gasteiger partial charge in [-0.2, -0.15) is 0 Å². The quantitative estimate of drug-likeness (QED) is 0.108. The van der Waals surface area contributed by atoms with Crippen LogP contribution in [0.25, 0.3) is 0 Å². The summed E-state index contributed by atoms with van der Waals surface area (Å²) < 4.78 is 0. The molecule has 0 aliphatic rings. The fraction of sp³-hybridized carbons (Fsp3) is 0. The maximum atomic E-state index is 2.70. The van der Waals surface area contributed by atoms with Gasteiger partial charge in [-0.1, -0.05) is 243 Å². The van der Waals surface area contributed by atoms with Crippen LogP contribution in [-0.2, 0) is 0 Å². The van der Waals surface area contributed by atoms with Gasteiger partial charge in [-0.15, -0.1) is 0 Å². The second kappa shape index (κ2) is 18.5. The molecule has 0 aromatic heterocycles. The third kappa shape index (κ3) is 8.32. The molecule has 0 atom stereocenters. The Morgan fingerprint density at radius 3 is 0.397 bits per heavy atom. The molecule has 58 heavy (non-hydrogen) atoms. The topological polar surface area (TPSA) is 0 Å². The SMILES string of the molecule is c1ccc(P(c2ccccc2)c2cc(P(c3ccccc3)c3ccccc3)c(P(c3ccccc3)c3ccccc3)cc2P(c2ccccc2)c2ccccc2)cc1. The van der Waals surface area contributed by atoms with Gasteiger partial charge in [0.05, 0.1) is 0 Å². The summed E-state index contributed by atoms with van der Waals surface area (Å²) >= 11 is 0. The Labute approximate surface area is 348 Å². The largest absolute Gasteiger partial charge is 0.0622 e. The van der Waals surface area contributed by atoms with Gasteiger partial charge in [0.1, 0.15) is 0 Å². The van der Waals surface area contributed by atoms with Crippen molar-refractivity contribution in [2.45, 2.75) is 0 Å². The lowest BCUT2D eigenvalue weighted by Crippen LogP contribution is -2.44. The number of rotatable bonds is 12. The van der Waals surface area contributed by atoms with Crippen LogP contribution in [-0.4, -0.2) is 0 Å². The molecule has 0 saturated heterocycles. The van der Waals surface area contributed by atoms with E-state index in [-0.39, 0.29) is 0 Å². The van der Waals surface area contributed by atoms with E-state index >= 15 is 0 Å². The van der Waals surface area contributed by atoms with E-state index in [1.807, 2.05) is 0 Å². The van der Waals surface area contributed by atoms with E-state index in [1.54, 1.807) is 0 Å². The van der Waals surface area contributed by atoms with E-state index in [1.165, 1.54) is 63.7 Å². The number of hydrogen-bond acceptors (Lipinski definition) is 0. The highest BCUT2D eigenvalue weighted by Crippen LogP contribution is 2.44. The van der Waals surface area contributed by atoms with Crippen LogP contribution in [0, 0.1) is 0 Å². The molecule has 0 N–H and O–H groups in total. The summed E-state index contributed by atoms with van der Waals surface area (Å²) in [5.41, 5.74) is 0. The van der Waals surface area contributed by atoms with Gasteiger partial charge in [0.2, 0.25) is 0 Å². The summed E-state index contributed by atoms with van der Waals surface area (Å²) in [6.45, 7) is 0. The number of hydrogen-bond donors (Lipinski definition) is 0. The zero-order chi connectivity index (χ0) is 38.9. The van der Waals surface area contributed by atoms with E-state index in [4.69, 9.17) is 0 Å². The smallest absolute Gasteiger partial charge is 0.00605 e. The molecule has 0 nitrogen and oxygen atoms in total. The Kier molecular flexibility index (Phi) is 12.2. The first kappa shape index (κ1) is 38.2. The highest BCUT2D eigenvalue weighted by molar-refractivity contribution is 7.87. The van der Waals surface area contributed by atoms with Gasteiger partial charge in [-0.25, -0.2) is 0 Å². The van der Waals surface area contributed by atoms with E-state index in [0.717, 1.165) is 0 Å². The minimum atomic E-state index is -0.965. The van der Waals surface area contributed by atoms with Crippen molar-refractivity contribution in [3.63, 3.8) is 0 Å². The summed E-state index contributed by atoms with van der Waals surface area (Å²) in [6, 6.07) is 95.6. The van der Waals surface area contributed by atoms with E-state index in [0.29, 0.717) is 0 Å². The predicted molar refractivity (Wildman–Crippen MR) is 261 cm³/mol. The maximum absolute atomic E-state index is 2.70. The van der Waals surface area contributed by atoms with Crippen LogP contribution in [0.2, 0.25) is 0 Å². The van der Waals surface area contributed by atoms with Gasteiger partial charge in [-0.3, -0.25) is 0 Å². The first-order valence-corrected chi connectivity index (χ1v) is 25.0. The third-order valence-corrected chi connectivity index (χ3v) is 20.4. The van der Waals surface area contributed by atoms with Crippen molar-refractivity contribution in [2.75, 3.05) is 0 Å². The molecule has 0 bridgehead atoms. The fourth-order valence-electron chi connectivity index (χ4n) is 7.60. The highest BCUT2D eigenvalue weighted by atomic mass is 31.1. The van der Waals surface area contributed by atoms with Crippen LogP contribution < -0.4 is 63.7 Å². The van der Waals surface area contributed by atoms with E-state index < -0.39 is 31.7 Å². The Morgan fingerprint density at radius 2 is 0.276 bits per heavy atom. The van der Waals surface area contributed by atoms with Crippen LogP contribution in [0.3, 0.4) is 0 Å². The second-order valence-electron chi connectivity index (χ2n) is 13.9. The Morgan fingerprint density at radius 1 is 0.155 bits per heavy atom. The fourth-order valence-corrected chi connectivity index (χ4v) is 18.4. The van der Waals surface area contributed by atoms with Crippen LogP contribution in [0.15, 0.2) is 255 Å². The molecule has 0 fully saturated rings. The molecule has 0 unspecified atom stereocenters. The zero-order valence-corrected chi connectivity index (χ0v) is 35.6. The molecule has 278 valence electrons. The summed E-state index contributed by atoms with van der Waals surface area (Å²) in [6.07, 6.45) is 0. The highest BCUT2D eigenvalue weighted by Gasteiger charge is 2.33. The molecule has 9 aromatic carbocycles. The first-order valence-electron chi connectivity index (χ1n) is 19.6. The summed E-state index contributed by atoms with van der Waals surface area (Å²) in [4.78, 5) is 0. The van der Waals surface area contributed by atoms with Crippen molar-refractivity contribution in [3.05, 3.63) is 255 Å². The molecular weight excluding hydrogens is 772 g/mol. The van der Waals surface area contributed by atoms with Crippen molar-refractivity contribution in [3.8, 4) is 0 Å². The Bertz CT molecular complexity index is 2110. The molecule has 9 aromatic rings. The summed E-state index contributed by atoms with van der Waals surface area (Å²) in [5.74, 6) is 0. The van der Waals surface area contributed by atoms with Crippen molar-refractivity contribution < 1.29 is 0 Å². The molecule has 4 heteroatoms. The molecule has 0 aliphatic heterocycles. The first-order chi connectivity index (χ1) is 28.8. The summed E-state index contributed by atoms with van der Waals surface area (Å²) in [7, 11) is -3.86. The number of benzene rings is 9. The normalized spacial score (nSPS) is 11.4. The lowest BCUT2D eigenvalue weighted by molar-refractivity contribution is 1.74. The molecule has 9 rings (SSSR count). The Hall–Kier alpha value is -5.30. The maximum Gasteiger partial charge on any atom is -0.00605 e. The Balaban J connectivity index is 1.47. The van der Waals surface area contributed by atoms with Crippen molar-refractivity contribution in [1.29, 1.82) is 0 Å².